The number of anilines is 1. The Kier molecular flexibility index (Phi) is 3.48. The van der Waals surface area contributed by atoms with Gasteiger partial charge in [-0.25, -0.2) is 4.79 Å². The van der Waals surface area contributed by atoms with E-state index in [-0.39, 0.29) is 31.1 Å². The molecule has 1 aromatic carbocycles. The van der Waals surface area contributed by atoms with Gasteiger partial charge >= 0.3 is 6.03 Å². The van der Waals surface area contributed by atoms with E-state index in [9.17, 15) is 14.4 Å². The molecule has 0 unspecified atom stereocenters. The highest BCUT2D eigenvalue weighted by molar-refractivity contribution is 5.99. The van der Waals surface area contributed by atoms with E-state index >= 15 is 0 Å². The first-order valence-corrected chi connectivity index (χ1v) is 7.14. The average molecular weight is 302 g/mol. The summed E-state index contributed by atoms with van der Waals surface area (Å²) < 4.78 is 0. The van der Waals surface area contributed by atoms with Gasteiger partial charge in [-0.2, -0.15) is 0 Å². The van der Waals surface area contributed by atoms with Crippen molar-refractivity contribution in [2.24, 2.45) is 0 Å². The maximum absolute atomic E-state index is 12.2. The molecule has 0 bridgehead atoms. The number of hydrogen-bond acceptors (Lipinski definition) is 3. The lowest BCUT2D eigenvalue weighted by Gasteiger charge is -2.25. The minimum atomic E-state index is -0.339. The number of amides is 4. The smallest absolute Gasteiger partial charge is 0.323 e. The summed E-state index contributed by atoms with van der Waals surface area (Å²) in [6.07, 6.45) is 0.817. The minimum Gasteiger partial charge on any atom is -0.341 e. The number of likely N-dealkylation sites (N-methyl/N-ethyl adjacent to an activating group) is 2. The number of carbonyl (C=O) groups excluding carboxylic acids is 3. The first kappa shape index (κ1) is 14.4. The molecule has 1 fully saturated rings. The molecule has 0 aliphatic carbocycles. The quantitative estimate of drug-likeness (QED) is 0.824. The standard InChI is InChI=1S/C15H18N4O3/c1-17-6-5-10-3-4-11(7-12(10)14(17)21)16-15(22)19-8-13(20)18(2)9-19/h3-4,7H,5-6,8-9H2,1-2H3,(H,16,22). The molecule has 1 N–H and O–H groups in total. The van der Waals surface area contributed by atoms with E-state index < -0.39 is 0 Å². The first-order chi connectivity index (χ1) is 10.5. The minimum absolute atomic E-state index is 0.0339. The summed E-state index contributed by atoms with van der Waals surface area (Å²) >= 11 is 0. The molecule has 4 amide bonds. The topological polar surface area (TPSA) is 73.0 Å². The van der Waals surface area contributed by atoms with Crippen molar-refractivity contribution in [2.75, 3.05) is 39.2 Å². The number of hydrogen-bond donors (Lipinski definition) is 1. The van der Waals surface area contributed by atoms with Crippen molar-refractivity contribution < 1.29 is 14.4 Å². The van der Waals surface area contributed by atoms with Gasteiger partial charge in [0.1, 0.15) is 6.54 Å². The highest BCUT2D eigenvalue weighted by atomic mass is 16.2. The second kappa shape index (κ2) is 5.32. The van der Waals surface area contributed by atoms with E-state index in [4.69, 9.17) is 0 Å². The van der Waals surface area contributed by atoms with Gasteiger partial charge in [0.2, 0.25) is 5.91 Å². The molecule has 1 aromatic rings. The number of fused-ring (bicyclic) bond motifs is 1. The fraction of sp³-hybridized carbons (Fsp3) is 0.400. The van der Waals surface area contributed by atoms with E-state index in [1.165, 1.54) is 9.80 Å². The van der Waals surface area contributed by atoms with Crippen molar-refractivity contribution in [1.82, 2.24) is 14.7 Å². The Labute approximate surface area is 128 Å². The van der Waals surface area contributed by atoms with Crippen LogP contribution in [0, 0.1) is 0 Å². The molecule has 3 rings (SSSR count). The van der Waals surface area contributed by atoms with E-state index in [0.717, 1.165) is 12.0 Å². The van der Waals surface area contributed by atoms with Gasteiger partial charge in [-0.05, 0) is 24.1 Å². The van der Waals surface area contributed by atoms with Crippen LogP contribution in [-0.4, -0.2) is 66.4 Å². The SMILES string of the molecule is CN1CN(C(=O)Nc2ccc3c(c2)C(=O)N(C)CC3)CC1=O. The van der Waals surface area contributed by atoms with E-state index in [2.05, 4.69) is 5.32 Å². The van der Waals surface area contributed by atoms with Gasteiger partial charge in [0.15, 0.2) is 0 Å². The Morgan fingerprint density at radius 1 is 1.18 bits per heavy atom. The van der Waals surface area contributed by atoms with Gasteiger partial charge in [0.05, 0.1) is 6.67 Å². The van der Waals surface area contributed by atoms with Crippen molar-refractivity contribution in [2.45, 2.75) is 6.42 Å². The van der Waals surface area contributed by atoms with Crippen molar-refractivity contribution >= 4 is 23.5 Å². The van der Waals surface area contributed by atoms with Crippen LogP contribution >= 0.6 is 0 Å². The lowest BCUT2D eigenvalue weighted by Crippen LogP contribution is -2.35. The first-order valence-electron chi connectivity index (χ1n) is 7.14. The molecule has 0 spiro atoms. The second-order valence-electron chi connectivity index (χ2n) is 5.71. The van der Waals surface area contributed by atoms with Crippen LogP contribution in [0.4, 0.5) is 10.5 Å². The lowest BCUT2D eigenvalue weighted by molar-refractivity contribution is -0.125. The van der Waals surface area contributed by atoms with Gasteiger partial charge < -0.3 is 15.1 Å². The highest BCUT2D eigenvalue weighted by Crippen LogP contribution is 2.22. The molecular formula is C15H18N4O3. The maximum Gasteiger partial charge on any atom is 0.323 e. The van der Waals surface area contributed by atoms with Crippen molar-refractivity contribution in [1.29, 1.82) is 0 Å². The summed E-state index contributed by atoms with van der Waals surface area (Å²) in [6, 6.07) is 5.02. The van der Waals surface area contributed by atoms with Gasteiger partial charge in [0, 0.05) is 31.9 Å². The molecule has 22 heavy (non-hydrogen) atoms. The normalized spacial score (nSPS) is 17.8. The van der Waals surface area contributed by atoms with Crippen LogP contribution in [0.25, 0.3) is 0 Å². The van der Waals surface area contributed by atoms with Crippen molar-refractivity contribution in [3.8, 4) is 0 Å². The third-order valence-corrected chi connectivity index (χ3v) is 4.08. The third-order valence-electron chi connectivity index (χ3n) is 4.08. The van der Waals surface area contributed by atoms with Crippen molar-refractivity contribution in [3.05, 3.63) is 29.3 Å². The zero-order chi connectivity index (χ0) is 15.9. The van der Waals surface area contributed by atoms with Gasteiger partial charge in [-0.3, -0.25) is 14.5 Å². The number of benzene rings is 1. The Balaban J connectivity index is 1.75. The fourth-order valence-corrected chi connectivity index (χ4v) is 2.67. The summed E-state index contributed by atoms with van der Waals surface area (Å²) in [7, 11) is 3.42. The fourth-order valence-electron chi connectivity index (χ4n) is 2.67. The molecule has 7 nitrogen and oxygen atoms in total. The summed E-state index contributed by atoms with van der Waals surface area (Å²) in [6.45, 7) is 1.06. The number of nitrogens with one attached hydrogen (secondary N) is 1. The Morgan fingerprint density at radius 3 is 2.64 bits per heavy atom. The monoisotopic (exact) mass is 302 g/mol. The molecule has 7 heteroatoms. The van der Waals surface area contributed by atoms with Crippen LogP contribution in [0.15, 0.2) is 18.2 Å². The zero-order valence-corrected chi connectivity index (χ0v) is 12.6. The van der Waals surface area contributed by atoms with E-state index in [1.807, 2.05) is 6.07 Å². The summed E-state index contributed by atoms with van der Waals surface area (Å²) in [5.74, 6) is -0.120. The third kappa shape index (κ3) is 2.49. The van der Waals surface area contributed by atoms with Crippen LogP contribution in [0.3, 0.4) is 0 Å². The van der Waals surface area contributed by atoms with Gasteiger partial charge in [-0.15, -0.1) is 0 Å². The molecule has 2 heterocycles. The second-order valence-corrected chi connectivity index (χ2v) is 5.71. The van der Waals surface area contributed by atoms with Crippen LogP contribution in [0.5, 0.6) is 0 Å². The molecular weight excluding hydrogens is 284 g/mol. The van der Waals surface area contributed by atoms with E-state index in [0.29, 0.717) is 17.8 Å². The molecule has 0 radical (unpaired) electrons. The summed E-state index contributed by atoms with van der Waals surface area (Å²) in [5, 5.41) is 2.75. The largest absolute Gasteiger partial charge is 0.341 e. The van der Waals surface area contributed by atoms with Crippen molar-refractivity contribution in [3.63, 3.8) is 0 Å². The number of urea groups is 1. The number of nitrogens with zero attached hydrogens (tertiary/aromatic N) is 3. The summed E-state index contributed by atoms with van der Waals surface area (Å²) in [5.41, 5.74) is 2.19. The zero-order valence-electron chi connectivity index (χ0n) is 12.6. The summed E-state index contributed by atoms with van der Waals surface area (Å²) in [4.78, 5) is 40.4. The van der Waals surface area contributed by atoms with Gasteiger partial charge in [0.25, 0.3) is 5.91 Å². The Morgan fingerprint density at radius 2 is 1.95 bits per heavy atom. The van der Waals surface area contributed by atoms with Crippen LogP contribution in [0.1, 0.15) is 15.9 Å². The van der Waals surface area contributed by atoms with Crippen LogP contribution in [-0.2, 0) is 11.2 Å². The molecule has 2 aliphatic rings. The van der Waals surface area contributed by atoms with Crippen LogP contribution < -0.4 is 5.32 Å². The number of carbonyl (C=O) groups is 3. The number of rotatable bonds is 1. The molecule has 0 saturated carbocycles. The molecule has 0 atom stereocenters. The van der Waals surface area contributed by atoms with Crippen LogP contribution in [0.2, 0.25) is 0 Å². The molecule has 2 aliphatic heterocycles. The molecule has 116 valence electrons. The lowest BCUT2D eigenvalue weighted by atomic mass is 9.99. The maximum atomic E-state index is 12.2. The van der Waals surface area contributed by atoms with Gasteiger partial charge in [-0.1, -0.05) is 6.07 Å². The molecule has 1 saturated heterocycles. The predicted octanol–water partition coefficient (Wildman–Crippen LogP) is 0.578. The Bertz CT molecular complexity index is 658. The predicted molar refractivity (Wildman–Crippen MR) is 80.5 cm³/mol. The van der Waals surface area contributed by atoms with E-state index in [1.54, 1.807) is 31.1 Å². The highest BCUT2D eigenvalue weighted by Gasteiger charge is 2.28. The average Bonchev–Trinajstić information content (AvgIpc) is 2.83. The Hall–Kier alpha value is -2.57. The molecule has 0 aromatic heterocycles.